The molecule has 3 nitrogen and oxygen atoms in total. The summed E-state index contributed by atoms with van der Waals surface area (Å²) in [6.45, 7) is 5.25. The molecule has 108 valence electrons. The molecule has 0 aliphatic carbocycles. The van der Waals surface area contributed by atoms with Crippen molar-refractivity contribution in [3.05, 3.63) is 0 Å². The summed E-state index contributed by atoms with van der Waals surface area (Å²) in [5.74, 6) is -1.12. The van der Waals surface area contributed by atoms with E-state index in [0.717, 1.165) is 13.1 Å². The molecule has 0 aromatic carbocycles. The van der Waals surface area contributed by atoms with Crippen LogP contribution in [0, 0.1) is 5.92 Å². The van der Waals surface area contributed by atoms with E-state index in [0.29, 0.717) is 19.7 Å². The lowest BCUT2D eigenvalue weighted by Crippen LogP contribution is -2.47. The molecular formula is C12H23F3N2O. The Morgan fingerprint density at radius 2 is 1.94 bits per heavy atom. The highest BCUT2D eigenvalue weighted by molar-refractivity contribution is 4.80. The van der Waals surface area contributed by atoms with Crippen LogP contribution in [0.1, 0.15) is 19.8 Å². The monoisotopic (exact) mass is 268 g/mol. The summed E-state index contributed by atoms with van der Waals surface area (Å²) in [5.41, 5.74) is 0. The van der Waals surface area contributed by atoms with E-state index in [9.17, 15) is 13.2 Å². The third kappa shape index (κ3) is 5.12. The van der Waals surface area contributed by atoms with E-state index in [1.54, 1.807) is 7.11 Å². The zero-order chi connectivity index (χ0) is 13.6. The molecule has 1 unspecified atom stereocenters. The number of methoxy groups -OCH3 is 1. The molecule has 1 saturated heterocycles. The summed E-state index contributed by atoms with van der Waals surface area (Å²) in [6.07, 6.45) is -3.59. The van der Waals surface area contributed by atoms with Crippen molar-refractivity contribution in [3.63, 3.8) is 0 Å². The number of halogens is 3. The van der Waals surface area contributed by atoms with E-state index < -0.39 is 12.1 Å². The van der Waals surface area contributed by atoms with Crippen LogP contribution in [0.15, 0.2) is 0 Å². The Labute approximate surface area is 107 Å². The van der Waals surface area contributed by atoms with Crippen molar-refractivity contribution in [2.45, 2.75) is 32.0 Å². The number of nitrogens with zero attached hydrogens (tertiary/aromatic N) is 1. The molecule has 0 radical (unpaired) electrons. The molecule has 0 amide bonds. The van der Waals surface area contributed by atoms with Crippen molar-refractivity contribution >= 4 is 0 Å². The van der Waals surface area contributed by atoms with Crippen LogP contribution >= 0.6 is 0 Å². The molecule has 1 N–H and O–H groups in total. The van der Waals surface area contributed by atoms with Crippen LogP contribution in [0.3, 0.4) is 0 Å². The number of likely N-dealkylation sites (N-methyl/N-ethyl adjacent to an activating group) is 1. The highest BCUT2D eigenvalue weighted by Crippen LogP contribution is 2.33. The molecule has 0 aromatic rings. The number of hydrogen-bond donors (Lipinski definition) is 1. The Morgan fingerprint density at radius 1 is 1.33 bits per heavy atom. The van der Waals surface area contributed by atoms with Gasteiger partial charge in [-0.2, -0.15) is 13.2 Å². The van der Waals surface area contributed by atoms with E-state index in [-0.39, 0.29) is 18.9 Å². The Kier molecular flexibility index (Phi) is 6.38. The van der Waals surface area contributed by atoms with Crippen LogP contribution in [-0.4, -0.2) is 57.0 Å². The molecular weight excluding hydrogens is 245 g/mol. The third-order valence-corrected chi connectivity index (χ3v) is 3.39. The standard InChI is InChI=1S/C12H23F3N2O/c1-3-16-11(9-18-2)8-17-6-4-10(5-7-17)12(13,14)15/h10-11,16H,3-9H2,1-2H3. The molecule has 1 rings (SSSR count). The quantitative estimate of drug-likeness (QED) is 0.796. The van der Waals surface area contributed by atoms with Crippen LogP contribution < -0.4 is 5.32 Å². The van der Waals surface area contributed by atoms with Crippen molar-refractivity contribution in [3.8, 4) is 0 Å². The van der Waals surface area contributed by atoms with Crippen molar-refractivity contribution in [1.82, 2.24) is 10.2 Å². The lowest BCUT2D eigenvalue weighted by atomic mass is 9.96. The van der Waals surface area contributed by atoms with E-state index in [4.69, 9.17) is 4.74 Å². The van der Waals surface area contributed by atoms with Crippen molar-refractivity contribution in [1.29, 1.82) is 0 Å². The second-order valence-electron chi connectivity index (χ2n) is 4.83. The maximum absolute atomic E-state index is 12.5. The average molecular weight is 268 g/mol. The van der Waals surface area contributed by atoms with Gasteiger partial charge in [0, 0.05) is 19.7 Å². The Balaban J connectivity index is 2.33. The largest absolute Gasteiger partial charge is 0.391 e. The van der Waals surface area contributed by atoms with Gasteiger partial charge in [-0.3, -0.25) is 0 Å². The molecule has 0 aromatic heterocycles. The van der Waals surface area contributed by atoms with Crippen LogP contribution in [0.2, 0.25) is 0 Å². The molecule has 1 aliphatic rings. The first-order valence-electron chi connectivity index (χ1n) is 6.48. The lowest BCUT2D eigenvalue weighted by molar-refractivity contribution is -0.185. The topological polar surface area (TPSA) is 24.5 Å². The summed E-state index contributed by atoms with van der Waals surface area (Å²) in [4.78, 5) is 2.09. The Hall–Kier alpha value is -0.330. The van der Waals surface area contributed by atoms with Gasteiger partial charge >= 0.3 is 6.18 Å². The molecule has 6 heteroatoms. The first-order chi connectivity index (χ1) is 8.47. The van der Waals surface area contributed by atoms with Gasteiger partial charge in [0.1, 0.15) is 0 Å². The second-order valence-corrected chi connectivity index (χ2v) is 4.83. The Bertz CT molecular complexity index is 222. The van der Waals surface area contributed by atoms with E-state index >= 15 is 0 Å². The average Bonchev–Trinajstić information content (AvgIpc) is 2.29. The normalized spacial score (nSPS) is 21.2. The molecule has 1 atom stereocenters. The van der Waals surface area contributed by atoms with E-state index in [2.05, 4.69) is 10.2 Å². The van der Waals surface area contributed by atoms with Gasteiger partial charge < -0.3 is 15.0 Å². The van der Waals surface area contributed by atoms with Crippen molar-refractivity contribution in [2.24, 2.45) is 5.92 Å². The van der Waals surface area contributed by atoms with Gasteiger partial charge in [0.15, 0.2) is 0 Å². The van der Waals surface area contributed by atoms with E-state index in [1.807, 2.05) is 6.92 Å². The summed E-state index contributed by atoms with van der Waals surface area (Å²) in [5, 5.41) is 3.28. The summed E-state index contributed by atoms with van der Waals surface area (Å²) in [6, 6.07) is 0.197. The maximum atomic E-state index is 12.5. The van der Waals surface area contributed by atoms with Crippen LogP contribution in [-0.2, 0) is 4.74 Å². The van der Waals surface area contributed by atoms with Gasteiger partial charge in [-0.1, -0.05) is 6.92 Å². The van der Waals surface area contributed by atoms with Crippen LogP contribution in [0.4, 0.5) is 13.2 Å². The maximum Gasteiger partial charge on any atom is 0.391 e. The van der Waals surface area contributed by atoms with E-state index in [1.165, 1.54) is 0 Å². The van der Waals surface area contributed by atoms with Gasteiger partial charge in [0.05, 0.1) is 12.5 Å². The fourth-order valence-corrected chi connectivity index (χ4v) is 2.42. The number of nitrogens with one attached hydrogen (secondary N) is 1. The van der Waals surface area contributed by atoms with Gasteiger partial charge in [0.2, 0.25) is 0 Å². The minimum atomic E-state index is -4.03. The highest BCUT2D eigenvalue weighted by Gasteiger charge is 2.41. The molecule has 1 aliphatic heterocycles. The molecule has 1 fully saturated rings. The summed E-state index contributed by atoms with van der Waals surface area (Å²) < 4.78 is 42.7. The number of hydrogen-bond acceptors (Lipinski definition) is 3. The minimum absolute atomic E-state index is 0.197. The zero-order valence-corrected chi connectivity index (χ0v) is 11.1. The van der Waals surface area contributed by atoms with Gasteiger partial charge in [-0.15, -0.1) is 0 Å². The predicted molar refractivity (Wildman–Crippen MR) is 64.6 cm³/mol. The third-order valence-electron chi connectivity index (χ3n) is 3.39. The summed E-state index contributed by atoms with van der Waals surface area (Å²) >= 11 is 0. The van der Waals surface area contributed by atoms with Crippen molar-refractivity contribution < 1.29 is 17.9 Å². The second kappa shape index (κ2) is 7.31. The lowest BCUT2D eigenvalue weighted by Gasteiger charge is -2.35. The first-order valence-corrected chi connectivity index (χ1v) is 6.48. The molecule has 18 heavy (non-hydrogen) atoms. The first kappa shape index (κ1) is 15.7. The zero-order valence-electron chi connectivity index (χ0n) is 11.1. The van der Waals surface area contributed by atoms with Gasteiger partial charge in [0.25, 0.3) is 0 Å². The van der Waals surface area contributed by atoms with Gasteiger partial charge in [-0.25, -0.2) is 0 Å². The molecule has 0 bridgehead atoms. The van der Waals surface area contributed by atoms with Crippen LogP contribution in [0.5, 0.6) is 0 Å². The number of piperidine rings is 1. The Morgan fingerprint density at radius 3 is 2.39 bits per heavy atom. The number of ether oxygens (including phenoxy) is 1. The summed E-state index contributed by atoms with van der Waals surface area (Å²) in [7, 11) is 1.64. The van der Waals surface area contributed by atoms with Crippen LogP contribution in [0.25, 0.3) is 0 Å². The highest BCUT2D eigenvalue weighted by atomic mass is 19.4. The van der Waals surface area contributed by atoms with Gasteiger partial charge in [-0.05, 0) is 32.5 Å². The minimum Gasteiger partial charge on any atom is -0.383 e. The number of rotatable bonds is 6. The van der Waals surface area contributed by atoms with Crippen molar-refractivity contribution in [2.75, 3.05) is 39.9 Å². The predicted octanol–water partition coefficient (Wildman–Crippen LogP) is 1.89. The smallest absolute Gasteiger partial charge is 0.383 e. The fraction of sp³-hybridized carbons (Fsp3) is 1.00. The molecule has 1 heterocycles. The molecule has 0 spiro atoms. The number of likely N-dealkylation sites (tertiary alicyclic amines) is 1. The molecule has 0 saturated carbocycles. The number of alkyl halides is 3. The fourth-order valence-electron chi connectivity index (χ4n) is 2.42. The SMILES string of the molecule is CCNC(COC)CN1CCC(C(F)(F)F)CC1.